The SMILES string of the molecule is COc1cc(Cl)c(C)cc1Nc1nc(C)cc(N2CCOCC2)n1. The largest absolute Gasteiger partial charge is 0.495 e. The van der Waals surface area contributed by atoms with Gasteiger partial charge in [-0.2, -0.15) is 4.98 Å². The van der Waals surface area contributed by atoms with E-state index in [-0.39, 0.29) is 0 Å². The van der Waals surface area contributed by atoms with Gasteiger partial charge >= 0.3 is 0 Å². The number of hydrogen-bond acceptors (Lipinski definition) is 6. The molecule has 1 aliphatic rings. The number of nitrogens with zero attached hydrogens (tertiary/aromatic N) is 3. The fourth-order valence-corrected chi connectivity index (χ4v) is 2.77. The normalized spacial score (nSPS) is 14.6. The monoisotopic (exact) mass is 348 g/mol. The molecule has 2 aromatic rings. The molecular weight excluding hydrogens is 328 g/mol. The number of aromatic nitrogens is 2. The van der Waals surface area contributed by atoms with Crippen molar-refractivity contribution in [3.05, 3.63) is 34.5 Å². The first-order valence-corrected chi connectivity index (χ1v) is 8.24. The number of methoxy groups -OCH3 is 1. The van der Waals surface area contributed by atoms with E-state index in [2.05, 4.69) is 20.2 Å². The highest BCUT2D eigenvalue weighted by atomic mass is 35.5. The van der Waals surface area contributed by atoms with Crippen molar-refractivity contribution >= 4 is 29.1 Å². The summed E-state index contributed by atoms with van der Waals surface area (Å²) in [7, 11) is 1.61. The van der Waals surface area contributed by atoms with E-state index in [1.54, 1.807) is 13.2 Å². The van der Waals surface area contributed by atoms with E-state index in [1.165, 1.54) is 0 Å². The second kappa shape index (κ2) is 7.23. The summed E-state index contributed by atoms with van der Waals surface area (Å²) >= 11 is 6.16. The van der Waals surface area contributed by atoms with Gasteiger partial charge in [-0.05, 0) is 25.5 Å². The molecule has 1 aromatic heterocycles. The quantitative estimate of drug-likeness (QED) is 0.914. The summed E-state index contributed by atoms with van der Waals surface area (Å²) in [5.74, 6) is 2.10. The lowest BCUT2D eigenvalue weighted by atomic mass is 10.2. The maximum Gasteiger partial charge on any atom is 0.229 e. The second-order valence-corrected chi connectivity index (χ2v) is 6.12. The Hall–Kier alpha value is -2.05. The van der Waals surface area contributed by atoms with Gasteiger partial charge in [-0.25, -0.2) is 4.98 Å². The van der Waals surface area contributed by atoms with Gasteiger partial charge in [0.05, 0.1) is 26.0 Å². The third kappa shape index (κ3) is 3.71. The van der Waals surface area contributed by atoms with Gasteiger partial charge in [-0.1, -0.05) is 11.6 Å². The zero-order valence-electron chi connectivity index (χ0n) is 14.1. The van der Waals surface area contributed by atoms with E-state index < -0.39 is 0 Å². The van der Waals surface area contributed by atoms with Gasteiger partial charge in [-0.3, -0.25) is 0 Å². The first kappa shape index (κ1) is 16.8. The Balaban J connectivity index is 1.90. The Morgan fingerprint density at radius 1 is 1.17 bits per heavy atom. The molecule has 0 atom stereocenters. The number of morpholine rings is 1. The van der Waals surface area contributed by atoms with Crippen LogP contribution in [0.1, 0.15) is 11.3 Å². The van der Waals surface area contributed by atoms with Crippen molar-refractivity contribution in [2.24, 2.45) is 0 Å². The summed E-state index contributed by atoms with van der Waals surface area (Å²) in [4.78, 5) is 11.3. The predicted octanol–water partition coefficient (Wildman–Crippen LogP) is 3.34. The van der Waals surface area contributed by atoms with Gasteiger partial charge < -0.3 is 19.7 Å². The van der Waals surface area contributed by atoms with Crippen molar-refractivity contribution in [3.8, 4) is 5.75 Å². The highest BCUT2D eigenvalue weighted by Gasteiger charge is 2.15. The van der Waals surface area contributed by atoms with E-state index in [9.17, 15) is 0 Å². The minimum absolute atomic E-state index is 0.538. The molecule has 6 nitrogen and oxygen atoms in total. The number of hydrogen-bond donors (Lipinski definition) is 1. The van der Waals surface area contributed by atoms with Crippen LogP contribution in [0, 0.1) is 13.8 Å². The molecule has 1 N–H and O–H groups in total. The van der Waals surface area contributed by atoms with Crippen molar-refractivity contribution in [1.82, 2.24) is 9.97 Å². The highest BCUT2D eigenvalue weighted by molar-refractivity contribution is 6.31. The van der Waals surface area contributed by atoms with Gasteiger partial charge in [0.1, 0.15) is 11.6 Å². The lowest BCUT2D eigenvalue weighted by molar-refractivity contribution is 0.122. The first-order chi connectivity index (χ1) is 11.6. The zero-order chi connectivity index (χ0) is 17.1. The van der Waals surface area contributed by atoms with Crippen LogP contribution in [0.2, 0.25) is 5.02 Å². The molecule has 2 heterocycles. The molecule has 7 heteroatoms. The van der Waals surface area contributed by atoms with Crippen LogP contribution in [0.3, 0.4) is 0 Å². The van der Waals surface area contributed by atoms with Crippen molar-refractivity contribution in [2.45, 2.75) is 13.8 Å². The Kier molecular flexibility index (Phi) is 5.06. The van der Waals surface area contributed by atoms with Crippen LogP contribution in [0.15, 0.2) is 18.2 Å². The van der Waals surface area contributed by atoms with E-state index in [0.717, 1.165) is 49.1 Å². The second-order valence-electron chi connectivity index (χ2n) is 5.72. The summed E-state index contributed by atoms with van der Waals surface area (Å²) in [6, 6.07) is 5.71. The van der Waals surface area contributed by atoms with Crippen LogP contribution < -0.4 is 15.0 Å². The number of benzene rings is 1. The molecule has 1 aromatic carbocycles. The maximum absolute atomic E-state index is 6.16. The molecule has 3 rings (SSSR count). The van der Waals surface area contributed by atoms with Gasteiger partial charge in [0.25, 0.3) is 0 Å². The fourth-order valence-electron chi connectivity index (χ4n) is 2.61. The Morgan fingerprint density at radius 2 is 1.92 bits per heavy atom. The van der Waals surface area contributed by atoms with E-state index in [4.69, 9.17) is 21.1 Å². The molecule has 0 bridgehead atoms. The van der Waals surface area contributed by atoms with E-state index in [0.29, 0.717) is 16.7 Å². The summed E-state index contributed by atoms with van der Waals surface area (Å²) in [6.45, 7) is 7.01. The molecule has 1 aliphatic heterocycles. The third-order valence-corrected chi connectivity index (χ3v) is 4.31. The van der Waals surface area contributed by atoms with Crippen molar-refractivity contribution < 1.29 is 9.47 Å². The minimum Gasteiger partial charge on any atom is -0.495 e. The first-order valence-electron chi connectivity index (χ1n) is 7.86. The highest BCUT2D eigenvalue weighted by Crippen LogP contribution is 2.32. The topological polar surface area (TPSA) is 59.5 Å². The van der Waals surface area contributed by atoms with Crippen LogP contribution in [0.25, 0.3) is 0 Å². The Bertz CT molecular complexity index is 733. The van der Waals surface area contributed by atoms with E-state index in [1.807, 2.05) is 26.0 Å². The van der Waals surface area contributed by atoms with Crippen LogP contribution in [-0.2, 0) is 4.74 Å². The van der Waals surface area contributed by atoms with Crippen molar-refractivity contribution in [3.63, 3.8) is 0 Å². The zero-order valence-corrected chi connectivity index (χ0v) is 14.9. The Labute approximate surface area is 146 Å². The average Bonchev–Trinajstić information content (AvgIpc) is 2.58. The number of rotatable bonds is 4. The lowest BCUT2D eigenvalue weighted by Gasteiger charge is -2.28. The van der Waals surface area contributed by atoms with Gasteiger partial charge in [-0.15, -0.1) is 0 Å². The number of halogens is 1. The minimum atomic E-state index is 0.538. The average molecular weight is 349 g/mol. The van der Waals surface area contributed by atoms with Gasteiger partial charge in [0.15, 0.2) is 0 Å². The van der Waals surface area contributed by atoms with Crippen LogP contribution >= 0.6 is 11.6 Å². The molecule has 128 valence electrons. The van der Waals surface area contributed by atoms with Crippen molar-refractivity contribution in [1.29, 1.82) is 0 Å². The molecule has 0 radical (unpaired) electrons. The molecule has 0 unspecified atom stereocenters. The Morgan fingerprint density at radius 3 is 2.62 bits per heavy atom. The standard InChI is InChI=1S/C17H21ClN4O2/c1-11-8-14(15(23-3)10-13(11)18)20-17-19-12(2)9-16(21-17)22-4-6-24-7-5-22/h8-10H,4-7H2,1-3H3,(H,19,20,21). The summed E-state index contributed by atoms with van der Waals surface area (Å²) in [5, 5.41) is 3.91. The van der Waals surface area contributed by atoms with Crippen LogP contribution in [-0.4, -0.2) is 43.4 Å². The molecule has 1 saturated heterocycles. The maximum atomic E-state index is 6.16. The third-order valence-electron chi connectivity index (χ3n) is 3.90. The molecule has 1 fully saturated rings. The number of nitrogens with one attached hydrogen (secondary N) is 1. The predicted molar refractivity (Wildman–Crippen MR) is 95.8 cm³/mol. The van der Waals surface area contributed by atoms with E-state index >= 15 is 0 Å². The molecule has 24 heavy (non-hydrogen) atoms. The van der Waals surface area contributed by atoms with Crippen LogP contribution in [0.5, 0.6) is 5.75 Å². The van der Waals surface area contributed by atoms with Crippen LogP contribution in [0.4, 0.5) is 17.5 Å². The van der Waals surface area contributed by atoms with Crippen molar-refractivity contribution in [2.75, 3.05) is 43.6 Å². The molecule has 0 aliphatic carbocycles. The summed E-state index contributed by atoms with van der Waals surface area (Å²) < 4.78 is 10.8. The summed E-state index contributed by atoms with van der Waals surface area (Å²) in [6.07, 6.45) is 0. The van der Waals surface area contributed by atoms with Gasteiger partial charge in [0, 0.05) is 35.9 Å². The number of aryl methyl sites for hydroxylation is 2. The molecule has 0 spiro atoms. The molecular formula is C17H21ClN4O2. The number of anilines is 3. The number of ether oxygens (including phenoxy) is 2. The molecule has 0 amide bonds. The molecule has 0 saturated carbocycles. The van der Waals surface area contributed by atoms with Gasteiger partial charge in [0.2, 0.25) is 5.95 Å². The smallest absolute Gasteiger partial charge is 0.229 e. The summed E-state index contributed by atoms with van der Waals surface area (Å²) in [5.41, 5.74) is 2.65. The fraction of sp³-hybridized carbons (Fsp3) is 0.412. The lowest BCUT2D eigenvalue weighted by Crippen LogP contribution is -2.36.